The molecule has 2 saturated carbocycles. The second-order valence-electron chi connectivity index (χ2n) is 4.76. The zero-order valence-corrected chi connectivity index (χ0v) is 8.80. The minimum Gasteiger partial charge on any atom is -0.363 e. The van der Waals surface area contributed by atoms with Crippen molar-refractivity contribution < 1.29 is 9.32 Å². The fourth-order valence-corrected chi connectivity index (χ4v) is 3.17. The van der Waals surface area contributed by atoms with E-state index in [1.807, 2.05) is 0 Å². The Labute approximate surface area is 92.4 Å². The molecule has 0 aromatic carbocycles. The molecule has 0 radical (unpaired) electrons. The molecule has 6 nitrogen and oxygen atoms in total. The number of nitrogens with two attached hydrogens (primary N) is 2. The Morgan fingerprint density at radius 3 is 2.69 bits per heavy atom. The Hall–Kier alpha value is -1.43. The van der Waals surface area contributed by atoms with Crippen molar-refractivity contribution in [1.29, 1.82) is 0 Å². The maximum absolute atomic E-state index is 10.9. The van der Waals surface area contributed by atoms with E-state index in [1.165, 1.54) is 6.42 Å². The van der Waals surface area contributed by atoms with Crippen molar-refractivity contribution in [2.45, 2.75) is 31.2 Å². The van der Waals surface area contributed by atoms with Gasteiger partial charge in [0.1, 0.15) is 0 Å². The van der Waals surface area contributed by atoms with Gasteiger partial charge in [0.25, 0.3) is 11.7 Å². The average molecular weight is 222 g/mol. The van der Waals surface area contributed by atoms with Gasteiger partial charge in [0.05, 0.1) is 5.92 Å². The molecule has 0 spiro atoms. The number of hydrogen-bond donors (Lipinski definition) is 2. The van der Waals surface area contributed by atoms with E-state index in [0.717, 1.165) is 12.8 Å². The number of aromatic nitrogens is 2. The van der Waals surface area contributed by atoms with Crippen LogP contribution in [0.4, 0.5) is 0 Å². The predicted molar refractivity (Wildman–Crippen MR) is 54.4 cm³/mol. The molecule has 4 unspecified atom stereocenters. The highest BCUT2D eigenvalue weighted by Gasteiger charge is 2.48. The van der Waals surface area contributed by atoms with Crippen LogP contribution in [0.5, 0.6) is 0 Å². The summed E-state index contributed by atoms with van der Waals surface area (Å²) in [6.45, 7) is 0. The van der Waals surface area contributed by atoms with Crippen LogP contribution in [0.25, 0.3) is 0 Å². The second kappa shape index (κ2) is 3.28. The topological polar surface area (TPSA) is 108 Å². The summed E-state index contributed by atoms with van der Waals surface area (Å²) in [6, 6.07) is 0.0833. The molecule has 1 heterocycles. The highest BCUT2D eigenvalue weighted by Crippen LogP contribution is 2.51. The number of nitrogens with zero attached hydrogens (tertiary/aromatic N) is 2. The molecule has 3 rings (SSSR count). The summed E-state index contributed by atoms with van der Waals surface area (Å²) >= 11 is 0. The lowest BCUT2D eigenvalue weighted by molar-refractivity contribution is 0.0987. The lowest BCUT2D eigenvalue weighted by atomic mass is 9.85. The van der Waals surface area contributed by atoms with Gasteiger partial charge in [-0.25, -0.2) is 0 Å². The Bertz CT molecular complexity index is 428. The minimum atomic E-state index is -0.660. The summed E-state index contributed by atoms with van der Waals surface area (Å²) < 4.78 is 5.09. The molecule has 2 bridgehead atoms. The van der Waals surface area contributed by atoms with Gasteiger partial charge in [-0.15, -0.1) is 0 Å². The van der Waals surface area contributed by atoms with Gasteiger partial charge in [-0.05, 0) is 31.1 Å². The quantitative estimate of drug-likeness (QED) is 0.732. The Balaban J connectivity index is 1.89. The van der Waals surface area contributed by atoms with Crippen LogP contribution in [-0.4, -0.2) is 22.1 Å². The predicted octanol–water partition coefficient (Wildman–Crippen LogP) is 0.00930. The molecule has 0 aliphatic heterocycles. The van der Waals surface area contributed by atoms with Crippen LogP contribution < -0.4 is 11.5 Å². The van der Waals surface area contributed by atoms with Crippen LogP contribution >= 0.6 is 0 Å². The maximum atomic E-state index is 10.9. The lowest BCUT2D eigenvalue weighted by Crippen LogP contribution is -2.34. The van der Waals surface area contributed by atoms with Gasteiger partial charge in [-0.2, -0.15) is 4.98 Å². The first-order valence-corrected chi connectivity index (χ1v) is 5.56. The van der Waals surface area contributed by atoms with E-state index in [9.17, 15) is 4.79 Å². The van der Waals surface area contributed by atoms with Crippen LogP contribution in [-0.2, 0) is 0 Å². The van der Waals surface area contributed by atoms with E-state index in [2.05, 4.69) is 10.1 Å². The molecular weight excluding hydrogens is 208 g/mol. The van der Waals surface area contributed by atoms with Gasteiger partial charge in [0.15, 0.2) is 0 Å². The van der Waals surface area contributed by atoms with Crippen molar-refractivity contribution in [1.82, 2.24) is 10.1 Å². The third kappa shape index (κ3) is 1.26. The molecule has 6 heteroatoms. The van der Waals surface area contributed by atoms with Gasteiger partial charge in [-0.3, -0.25) is 4.79 Å². The number of primary amides is 1. The van der Waals surface area contributed by atoms with E-state index >= 15 is 0 Å². The van der Waals surface area contributed by atoms with E-state index in [4.69, 9.17) is 16.0 Å². The molecule has 1 amide bonds. The standard InChI is InChI=1S/C10H14N4O2/c11-7-5-2-1-4(3-5)6(7)10-13-9(8(12)15)14-16-10/h4-7H,1-3,11H2,(H2,12,15). The fourth-order valence-electron chi connectivity index (χ4n) is 3.17. The van der Waals surface area contributed by atoms with Crippen molar-refractivity contribution in [2.75, 3.05) is 0 Å². The second-order valence-corrected chi connectivity index (χ2v) is 4.76. The first-order valence-electron chi connectivity index (χ1n) is 5.56. The van der Waals surface area contributed by atoms with Gasteiger partial charge in [0.2, 0.25) is 5.89 Å². The lowest BCUT2D eigenvalue weighted by Gasteiger charge is -2.24. The van der Waals surface area contributed by atoms with Crippen molar-refractivity contribution >= 4 is 5.91 Å². The molecule has 2 fully saturated rings. The summed E-state index contributed by atoms with van der Waals surface area (Å²) in [4.78, 5) is 14.9. The number of rotatable bonds is 2. The smallest absolute Gasteiger partial charge is 0.290 e. The number of amides is 1. The third-order valence-electron chi connectivity index (χ3n) is 3.93. The number of carbonyl (C=O) groups is 1. The maximum Gasteiger partial charge on any atom is 0.290 e. The molecule has 4 N–H and O–H groups in total. The summed E-state index contributed by atoms with van der Waals surface area (Å²) in [5.74, 6) is 0.977. The Morgan fingerprint density at radius 1 is 1.38 bits per heavy atom. The van der Waals surface area contributed by atoms with E-state index in [-0.39, 0.29) is 17.8 Å². The van der Waals surface area contributed by atoms with Crippen molar-refractivity contribution in [3.8, 4) is 0 Å². The Morgan fingerprint density at radius 2 is 2.12 bits per heavy atom. The molecule has 16 heavy (non-hydrogen) atoms. The summed E-state index contributed by atoms with van der Waals surface area (Å²) in [5, 5.41) is 3.56. The third-order valence-corrected chi connectivity index (χ3v) is 3.93. The minimum absolute atomic E-state index is 0.0510. The molecular formula is C10H14N4O2. The highest BCUT2D eigenvalue weighted by atomic mass is 16.5. The van der Waals surface area contributed by atoms with Crippen molar-refractivity contribution in [3.05, 3.63) is 11.7 Å². The first kappa shape index (κ1) is 9.77. The molecule has 1 aromatic heterocycles. The highest BCUT2D eigenvalue weighted by molar-refractivity contribution is 5.88. The van der Waals surface area contributed by atoms with Crippen LogP contribution in [0.3, 0.4) is 0 Å². The van der Waals surface area contributed by atoms with Crippen LogP contribution in [0, 0.1) is 11.8 Å². The summed E-state index contributed by atoms with van der Waals surface area (Å²) in [6.07, 6.45) is 3.50. The zero-order chi connectivity index (χ0) is 11.3. The van der Waals surface area contributed by atoms with Crippen LogP contribution in [0.1, 0.15) is 41.7 Å². The van der Waals surface area contributed by atoms with Gasteiger partial charge >= 0.3 is 0 Å². The normalized spacial score (nSPS) is 36.8. The van der Waals surface area contributed by atoms with Crippen molar-refractivity contribution in [2.24, 2.45) is 23.3 Å². The SMILES string of the molecule is NC(=O)c1noc(C2C3CCC(C3)C2N)n1. The van der Waals surface area contributed by atoms with Gasteiger partial charge < -0.3 is 16.0 Å². The number of hydrogen-bond acceptors (Lipinski definition) is 5. The van der Waals surface area contributed by atoms with E-state index < -0.39 is 5.91 Å². The van der Waals surface area contributed by atoms with Gasteiger partial charge in [0, 0.05) is 6.04 Å². The summed E-state index contributed by atoms with van der Waals surface area (Å²) in [7, 11) is 0. The zero-order valence-electron chi connectivity index (χ0n) is 8.80. The largest absolute Gasteiger partial charge is 0.363 e. The average Bonchev–Trinajstić information content (AvgIpc) is 2.89. The molecule has 86 valence electrons. The Kier molecular flexibility index (Phi) is 2.00. The molecule has 2 aliphatic rings. The molecule has 0 saturated heterocycles. The van der Waals surface area contributed by atoms with Crippen LogP contribution in [0.2, 0.25) is 0 Å². The molecule has 4 atom stereocenters. The fraction of sp³-hybridized carbons (Fsp3) is 0.700. The first-order chi connectivity index (χ1) is 7.66. The van der Waals surface area contributed by atoms with E-state index in [0.29, 0.717) is 17.7 Å². The summed E-state index contributed by atoms with van der Waals surface area (Å²) in [5.41, 5.74) is 11.2. The number of carbonyl (C=O) groups excluding carboxylic acids is 1. The monoisotopic (exact) mass is 222 g/mol. The molecule has 2 aliphatic carbocycles. The van der Waals surface area contributed by atoms with Gasteiger partial charge in [-0.1, -0.05) is 5.16 Å². The van der Waals surface area contributed by atoms with E-state index in [1.54, 1.807) is 0 Å². The van der Waals surface area contributed by atoms with Crippen LogP contribution in [0.15, 0.2) is 4.52 Å². The van der Waals surface area contributed by atoms with Crippen molar-refractivity contribution in [3.63, 3.8) is 0 Å². The number of fused-ring (bicyclic) bond motifs is 2. The molecule has 1 aromatic rings.